The fraction of sp³-hybridized carbons (Fsp3) is 0.533. The number of anilines is 1. The molecule has 3 rings (SSSR count). The van der Waals surface area contributed by atoms with E-state index in [-0.39, 0.29) is 0 Å². The molecule has 1 fully saturated rings. The zero-order chi connectivity index (χ0) is 14.2. The number of piperidine rings is 1. The number of thiazole rings is 1. The summed E-state index contributed by atoms with van der Waals surface area (Å²) in [4.78, 5) is 9.06. The molecule has 20 heavy (non-hydrogen) atoms. The van der Waals surface area contributed by atoms with Crippen LogP contribution in [0.15, 0.2) is 24.3 Å². The molecule has 0 saturated carbocycles. The second-order valence-corrected chi connectivity index (χ2v) is 6.92. The summed E-state index contributed by atoms with van der Waals surface area (Å²) in [5.41, 5.74) is 0.526. The summed E-state index contributed by atoms with van der Waals surface area (Å²) in [5, 5.41) is 11.6. The standard InChI is InChI=1S/C15H21N3OS/c1-17(2)11-15(19)7-9-18(10-8-15)14-16-12-5-3-4-6-13(12)20-14/h3-6,19H,7-11H2,1-2H3. The lowest BCUT2D eigenvalue weighted by Crippen LogP contribution is -2.49. The van der Waals surface area contributed by atoms with E-state index in [1.54, 1.807) is 11.3 Å². The minimum Gasteiger partial charge on any atom is -0.388 e. The van der Waals surface area contributed by atoms with E-state index >= 15 is 0 Å². The van der Waals surface area contributed by atoms with Crippen molar-refractivity contribution in [1.29, 1.82) is 0 Å². The van der Waals surface area contributed by atoms with Gasteiger partial charge in [0.1, 0.15) is 0 Å². The summed E-state index contributed by atoms with van der Waals surface area (Å²) >= 11 is 1.74. The number of rotatable bonds is 3. The smallest absolute Gasteiger partial charge is 0.186 e. The normalized spacial score (nSPS) is 18.9. The molecule has 0 atom stereocenters. The van der Waals surface area contributed by atoms with E-state index in [0.717, 1.165) is 43.1 Å². The molecule has 1 aliphatic rings. The summed E-state index contributed by atoms with van der Waals surface area (Å²) in [5.74, 6) is 0. The van der Waals surface area contributed by atoms with Crippen LogP contribution in [-0.2, 0) is 0 Å². The van der Waals surface area contributed by atoms with Gasteiger partial charge in [-0.3, -0.25) is 0 Å². The van der Waals surface area contributed by atoms with Gasteiger partial charge in [-0.05, 0) is 39.1 Å². The number of fused-ring (bicyclic) bond motifs is 1. The predicted octanol–water partition coefficient (Wildman–Crippen LogP) is 2.19. The van der Waals surface area contributed by atoms with Crippen LogP contribution in [0.25, 0.3) is 10.2 Å². The first kappa shape index (κ1) is 13.8. The van der Waals surface area contributed by atoms with Gasteiger partial charge in [-0.2, -0.15) is 0 Å². The van der Waals surface area contributed by atoms with Crippen molar-refractivity contribution >= 4 is 26.7 Å². The van der Waals surface area contributed by atoms with E-state index < -0.39 is 5.60 Å². The third-order valence-corrected chi connectivity index (χ3v) is 4.96. The Morgan fingerprint density at radius 3 is 2.65 bits per heavy atom. The molecule has 0 unspecified atom stereocenters. The van der Waals surface area contributed by atoms with Crippen LogP contribution in [-0.4, -0.2) is 54.3 Å². The first-order valence-corrected chi connectivity index (χ1v) is 7.85. The molecule has 0 spiro atoms. The van der Waals surface area contributed by atoms with E-state index in [1.807, 2.05) is 20.2 Å². The fourth-order valence-corrected chi connectivity index (χ4v) is 3.87. The molecule has 0 amide bonds. The third kappa shape index (κ3) is 2.80. The molecule has 2 heterocycles. The van der Waals surface area contributed by atoms with Gasteiger partial charge >= 0.3 is 0 Å². The molecule has 108 valence electrons. The Morgan fingerprint density at radius 1 is 1.30 bits per heavy atom. The Kier molecular flexibility index (Phi) is 3.67. The zero-order valence-corrected chi connectivity index (χ0v) is 12.9. The SMILES string of the molecule is CN(C)CC1(O)CCN(c2nc3ccccc3s2)CC1. The Morgan fingerprint density at radius 2 is 2.00 bits per heavy atom. The number of hydrogen-bond donors (Lipinski definition) is 1. The van der Waals surface area contributed by atoms with Gasteiger partial charge < -0.3 is 14.9 Å². The van der Waals surface area contributed by atoms with Crippen LogP contribution in [0.2, 0.25) is 0 Å². The van der Waals surface area contributed by atoms with Crippen LogP contribution in [0.5, 0.6) is 0 Å². The average Bonchev–Trinajstić information content (AvgIpc) is 2.81. The second-order valence-electron chi connectivity index (χ2n) is 5.91. The zero-order valence-electron chi connectivity index (χ0n) is 12.0. The molecule has 1 aromatic carbocycles. The monoisotopic (exact) mass is 291 g/mol. The van der Waals surface area contributed by atoms with Crippen LogP contribution >= 0.6 is 11.3 Å². The largest absolute Gasteiger partial charge is 0.388 e. The highest BCUT2D eigenvalue weighted by atomic mass is 32.1. The van der Waals surface area contributed by atoms with Crippen molar-refractivity contribution in [2.24, 2.45) is 0 Å². The van der Waals surface area contributed by atoms with Crippen molar-refractivity contribution in [3.05, 3.63) is 24.3 Å². The topological polar surface area (TPSA) is 39.6 Å². The lowest BCUT2D eigenvalue weighted by atomic mass is 9.91. The molecule has 1 aliphatic heterocycles. The molecule has 1 N–H and O–H groups in total. The van der Waals surface area contributed by atoms with Gasteiger partial charge in [0.15, 0.2) is 5.13 Å². The lowest BCUT2D eigenvalue weighted by Gasteiger charge is -2.39. The lowest BCUT2D eigenvalue weighted by molar-refractivity contribution is -0.00537. The third-order valence-electron chi connectivity index (χ3n) is 3.86. The van der Waals surface area contributed by atoms with Crippen LogP contribution in [0, 0.1) is 0 Å². The summed E-state index contributed by atoms with van der Waals surface area (Å²) in [6.07, 6.45) is 1.61. The Hall–Kier alpha value is -1.17. The van der Waals surface area contributed by atoms with E-state index in [2.05, 4.69) is 28.0 Å². The molecular weight excluding hydrogens is 270 g/mol. The second kappa shape index (κ2) is 5.31. The minimum atomic E-state index is -0.545. The van der Waals surface area contributed by atoms with Crippen molar-refractivity contribution in [2.45, 2.75) is 18.4 Å². The van der Waals surface area contributed by atoms with Crippen LogP contribution in [0.3, 0.4) is 0 Å². The number of hydrogen-bond acceptors (Lipinski definition) is 5. The van der Waals surface area contributed by atoms with Crippen LogP contribution in [0.4, 0.5) is 5.13 Å². The summed E-state index contributed by atoms with van der Waals surface area (Å²) in [6, 6.07) is 8.25. The molecule has 5 heteroatoms. The first-order chi connectivity index (χ1) is 9.56. The van der Waals surface area contributed by atoms with Gasteiger partial charge in [0, 0.05) is 19.6 Å². The summed E-state index contributed by atoms with van der Waals surface area (Å²) in [7, 11) is 4.02. The average molecular weight is 291 g/mol. The first-order valence-electron chi connectivity index (χ1n) is 7.03. The van der Waals surface area contributed by atoms with E-state index in [0.29, 0.717) is 0 Å². The molecule has 1 aromatic heterocycles. The van der Waals surface area contributed by atoms with Crippen molar-refractivity contribution < 1.29 is 5.11 Å². The van der Waals surface area contributed by atoms with E-state index in [4.69, 9.17) is 4.98 Å². The fourth-order valence-electron chi connectivity index (χ4n) is 2.86. The van der Waals surface area contributed by atoms with Crippen LogP contribution in [0.1, 0.15) is 12.8 Å². The van der Waals surface area contributed by atoms with Gasteiger partial charge in [-0.25, -0.2) is 4.98 Å². The molecule has 0 radical (unpaired) electrons. The molecule has 4 nitrogen and oxygen atoms in total. The molecule has 1 saturated heterocycles. The van der Waals surface area contributed by atoms with Crippen molar-refractivity contribution in [3.63, 3.8) is 0 Å². The van der Waals surface area contributed by atoms with Crippen molar-refractivity contribution in [3.8, 4) is 0 Å². The van der Waals surface area contributed by atoms with Gasteiger partial charge in [0.25, 0.3) is 0 Å². The highest BCUT2D eigenvalue weighted by Gasteiger charge is 2.33. The number of para-hydroxylation sites is 1. The number of likely N-dealkylation sites (N-methyl/N-ethyl adjacent to an activating group) is 1. The molecule has 0 bridgehead atoms. The van der Waals surface area contributed by atoms with Crippen LogP contribution < -0.4 is 4.90 Å². The highest BCUT2D eigenvalue weighted by molar-refractivity contribution is 7.22. The van der Waals surface area contributed by atoms with Gasteiger partial charge in [-0.15, -0.1) is 0 Å². The van der Waals surface area contributed by atoms with Gasteiger partial charge in [0.2, 0.25) is 0 Å². The predicted molar refractivity (Wildman–Crippen MR) is 84.6 cm³/mol. The Balaban J connectivity index is 1.71. The van der Waals surface area contributed by atoms with Gasteiger partial charge in [-0.1, -0.05) is 23.5 Å². The number of nitrogens with zero attached hydrogens (tertiary/aromatic N) is 3. The molecule has 0 aliphatic carbocycles. The maximum Gasteiger partial charge on any atom is 0.186 e. The minimum absolute atomic E-state index is 0.545. The number of aromatic nitrogens is 1. The molecular formula is C15H21N3OS. The van der Waals surface area contributed by atoms with E-state index in [1.165, 1.54) is 4.70 Å². The Labute approximate surface area is 123 Å². The quantitative estimate of drug-likeness (QED) is 0.941. The highest BCUT2D eigenvalue weighted by Crippen LogP contribution is 2.32. The number of aliphatic hydroxyl groups is 1. The van der Waals surface area contributed by atoms with Crippen molar-refractivity contribution in [1.82, 2.24) is 9.88 Å². The molecule has 2 aromatic rings. The van der Waals surface area contributed by atoms with Crippen molar-refractivity contribution in [2.75, 3.05) is 38.6 Å². The number of benzene rings is 1. The van der Waals surface area contributed by atoms with Gasteiger partial charge in [0.05, 0.1) is 15.8 Å². The maximum absolute atomic E-state index is 10.6. The summed E-state index contributed by atoms with van der Waals surface area (Å²) in [6.45, 7) is 2.50. The maximum atomic E-state index is 10.6. The van der Waals surface area contributed by atoms with E-state index in [9.17, 15) is 5.11 Å². The Bertz CT molecular complexity index is 555. The summed E-state index contributed by atoms with van der Waals surface area (Å²) < 4.78 is 1.23.